The van der Waals surface area contributed by atoms with Crippen molar-refractivity contribution in [2.75, 3.05) is 26.2 Å². The van der Waals surface area contributed by atoms with E-state index in [4.69, 9.17) is 26.5 Å². The van der Waals surface area contributed by atoms with Crippen molar-refractivity contribution in [3.05, 3.63) is 0 Å². The number of primary amides is 1. The lowest BCUT2D eigenvalue weighted by molar-refractivity contribution is -0.142. The quantitative estimate of drug-likeness (QED) is 0.333. The lowest BCUT2D eigenvalue weighted by atomic mass is 10.1. The molecule has 0 bridgehead atoms. The molecule has 0 saturated carbocycles. The van der Waals surface area contributed by atoms with Gasteiger partial charge in [-0.15, -0.1) is 0 Å². The molecular formula is C18H26N6O6. The minimum absolute atomic E-state index is 0.123. The predicted octanol–water partition coefficient (Wildman–Crippen LogP) is -1.52. The normalized spacial score (nSPS) is 22.1. The van der Waals surface area contributed by atoms with Crippen LogP contribution in [-0.4, -0.2) is 88.1 Å². The zero-order chi connectivity index (χ0) is 22.7. The first kappa shape index (κ1) is 24.8. The summed E-state index contributed by atoms with van der Waals surface area (Å²) in [5.41, 5.74) is 5.04. The maximum atomic E-state index is 12.0. The highest BCUT2D eigenvalue weighted by molar-refractivity contribution is 5.91. The van der Waals surface area contributed by atoms with Crippen LogP contribution in [-0.2, 0) is 19.2 Å². The molecule has 2 aliphatic rings. The fourth-order valence-corrected chi connectivity index (χ4v) is 3.45. The van der Waals surface area contributed by atoms with E-state index in [0.717, 1.165) is 19.4 Å². The third-order valence-corrected chi connectivity index (χ3v) is 4.90. The number of hydrogen-bond donors (Lipinski definition) is 4. The maximum absolute atomic E-state index is 12.0. The number of amides is 2. The Hall–Kier alpha value is -3.22. The number of carboxylic acid groups (broad SMARTS) is 2. The smallest absolute Gasteiger partial charge is 0.320 e. The Balaban J connectivity index is 0.000000346. The molecule has 0 aliphatic carbocycles. The zero-order valence-electron chi connectivity index (χ0n) is 16.5. The van der Waals surface area contributed by atoms with Crippen molar-refractivity contribution >= 4 is 23.8 Å². The van der Waals surface area contributed by atoms with Crippen molar-refractivity contribution < 1.29 is 29.4 Å². The number of hydrogen-bond acceptors (Lipinski definition) is 8. The average molecular weight is 422 g/mol. The van der Waals surface area contributed by atoms with Gasteiger partial charge in [-0.2, -0.15) is 10.5 Å². The van der Waals surface area contributed by atoms with Gasteiger partial charge in [-0.25, -0.2) is 0 Å². The van der Waals surface area contributed by atoms with Crippen molar-refractivity contribution in [3.8, 4) is 12.1 Å². The summed E-state index contributed by atoms with van der Waals surface area (Å²) in [6, 6.07) is 1.77. The summed E-state index contributed by atoms with van der Waals surface area (Å²) in [6.07, 6.45) is 2.37. The molecule has 0 aromatic rings. The number of nitrogens with zero attached hydrogens (tertiary/aromatic N) is 4. The molecule has 3 unspecified atom stereocenters. The fraction of sp³-hybridized carbons (Fsp3) is 0.667. The average Bonchev–Trinajstić information content (AvgIpc) is 3.31. The van der Waals surface area contributed by atoms with Crippen LogP contribution in [0.3, 0.4) is 0 Å². The summed E-state index contributed by atoms with van der Waals surface area (Å²) in [5.74, 6) is -3.37. The predicted molar refractivity (Wildman–Crippen MR) is 101 cm³/mol. The van der Waals surface area contributed by atoms with E-state index in [1.54, 1.807) is 9.80 Å². The molecule has 164 valence electrons. The van der Waals surface area contributed by atoms with Crippen LogP contribution >= 0.6 is 0 Å². The molecular weight excluding hydrogens is 396 g/mol. The van der Waals surface area contributed by atoms with Gasteiger partial charge in [-0.05, 0) is 25.7 Å². The first-order valence-corrected chi connectivity index (χ1v) is 9.47. The van der Waals surface area contributed by atoms with Crippen molar-refractivity contribution in [1.29, 1.82) is 10.5 Å². The molecule has 2 amide bonds. The Labute approximate surface area is 173 Å². The van der Waals surface area contributed by atoms with E-state index < -0.39 is 48.3 Å². The third-order valence-electron chi connectivity index (χ3n) is 4.90. The summed E-state index contributed by atoms with van der Waals surface area (Å²) >= 11 is 0. The van der Waals surface area contributed by atoms with Gasteiger partial charge in [0.25, 0.3) is 0 Å². The monoisotopic (exact) mass is 422 g/mol. The molecule has 0 aromatic heterocycles. The van der Waals surface area contributed by atoms with Gasteiger partial charge in [0.2, 0.25) is 11.8 Å². The Morgan fingerprint density at radius 1 is 1.00 bits per heavy atom. The van der Waals surface area contributed by atoms with E-state index in [1.165, 1.54) is 0 Å². The Kier molecular flexibility index (Phi) is 10.2. The summed E-state index contributed by atoms with van der Waals surface area (Å²) in [6.45, 7) is 1.73. The third kappa shape index (κ3) is 7.66. The maximum Gasteiger partial charge on any atom is 0.320 e. The Morgan fingerprint density at radius 2 is 1.50 bits per heavy atom. The molecule has 2 fully saturated rings. The lowest BCUT2D eigenvalue weighted by Crippen LogP contribution is -2.51. The fourth-order valence-electron chi connectivity index (χ4n) is 3.45. The van der Waals surface area contributed by atoms with Gasteiger partial charge >= 0.3 is 11.9 Å². The van der Waals surface area contributed by atoms with Gasteiger partial charge in [-0.1, -0.05) is 0 Å². The van der Waals surface area contributed by atoms with Crippen molar-refractivity contribution in [2.24, 2.45) is 5.73 Å². The number of nitrogens with two attached hydrogens (primary N) is 1. The summed E-state index contributed by atoms with van der Waals surface area (Å²) in [5, 5.41) is 36.6. The van der Waals surface area contributed by atoms with Crippen LogP contribution in [0.2, 0.25) is 0 Å². The van der Waals surface area contributed by atoms with Gasteiger partial charge in [0.15, 0.2) is 0 Å². The zero-order valence-corrected chi connectivity index (χ0v) is 16.5. The number of aliphatic carboxylic acids is 2. The minimum Gasteiger partial charge on any atom is -0.481 e. The van der Waals surface area contributed by atoms with E-state index in [9.17, 15) is 19.2 Å². The number of rotatable bonds is 8. The molecule has 2 rings (SSSR count). The first-order valence-electron chi connectivity index (χ1n) is 9.47. The van der Waals surface area contributed by atoms with E-state index in [-0.39, 0.29) is 13.1 Å². The van der Waals surface area contributed by atoms with Gasteiger partial charge < -0.3 is 21.3 Å². The summed E-state index contributed by atoms with van der Waals surface area (Å²) in [7, 11) is 0. The van der Waals surface area contributed by atoms with Gasteiger partial charge in [0.1, 0.15) is 12.1 Å². The number of nitrogens with one attached hydrogen (secondary N) is 1. The molecule has 12 nitrogen and oxygen atoms in total. The highest BCUT2D eigenvalue weighted by atomic mass is 16.4. The first-order chi connectivity index (χ1) is 14.2. The molecule has 0 spiro atoms. The molecule has 0 radical (unpaired) electrons. The molecule has 30 heavy (non-hydrogen) atoms. The molecule has 0 aromatic carbocycles. The van der Waals surface area contributed by atoms with Crippen LogP contribution < -0.4 is 11.1 Å². The molecule has 2 aliphatic heterocycles. The van der Waals surface area contributed by atoms with Crippen molar-refractivity contribution in [2.45, 2.75) is 50.2 Å². The van der Waals surface area contributed by atoms with Gasteiger partial charge in [0, 0.05) is 13.1 Å². The van der Waals surface area contributed by atoms with Crippen LogP contribution in [0.4, 0.5) is 0 Å². The molecule has 12 heteroatoms. The highest BCUT2D eigenvalue weighted by Crippen LogP contribution is 2.17. The van der Waals surface area contributed by atoms with Crippen LogP contribution in [0.1, 0.15) is 32.1 Å². The van der Waals surface area contributed by atoms with E-state index in [2.05, 4.69) is 5.32 Å². The topological polar surface area (TPSA) is 201 Å². The van der Waals surface area contributed by atoms with Crippen LogP contribution in [0.25, 0.3) is 0 Å². The lowest BCUT2D eigenvalue weighted by Gasteiger charge is -2.22. The minimum atomic E-state index is -1.23. The Bertz CT molecular complexity index is 730. The number of carbonyl (C=O) groups is 4. The largest absolute Gasteiger partial charge is 0.481 e. The van der Waals surface area contributed by atoms with Crippen LogP contribution in [0.15, 0.2) is 0 Å². The second-order valence-electron chi connectivity index (χ2n) is 6.97. The molecule has 3 atom stereocenters. The second kappa shape index (κ2) is 12.4. The molecule has 2 heterocycles. The summed E-state index contributed by atoms with van der Waals surface area (Å²) in [4.78, 5) is 47.5. The Morgan fingerprint density at radius 3 is 1.93 bits per heavy atom. The number of nitriles is 2. The number of carbonyl (C=O) groups excluding carboxylic acids is 2. The highest BCUT2D eigenvalue weighted by Gasteiger charge is 2.33. The summed E-state index contributed by atoms with van der Waals surface area (Å²) < 4.78 is 0. The van der Waals surface area contributed by atoms with E-state index >= 15 is 0 Å². The SMILES string of the molecule is N#CCN1CCCC1C(=O)NC(CC(=O)O)C(N)=O.N#CCN1CCCC1C(=O)O. The van der Waals surface area contributed by atoms with Crippen molar-refractivity contribution in [1.82, 2.24) is 15.1 Å². The number of likely N-dealkylation sites (tertiary alicyclic amines) is 2. The van der Waals surface area contributed by atoms with Crippen molar-refractivity contribution in [3.63, 3.8) is 0 Å². The molecule has 5 N–H and O–H groups in total. The second-order valence-corrected chi connectivity index (χ2v) is 6.97. The van der Waals surface area contributed by atoms with Crippen LogP contribution in [0.5, 0.6) is 0 Å². The number of carboxylic acids is 2. The standard InChI is InChI=1S/C11H16N4O4.C7H10N2O2/c12-3-5-15-4-1-2-8(15)11(19)14-7(10(13)18)6-9(16)17;8-3-5-9-4-1-2-6(9)7(10)11/h7-8H,1-2,4-6H2,(H2,13,18)(H,14,19)(H,16,17);6H,1-2,4-5H2,(H,10,11). The van der Waals surface area contributed by atoms with Gasteiger partial charge in [0.05, 0.1) is 37.7 Å². The van der Waals surface area contributed by atoms with E-state index in [0.29, 0.717) is 19.4 Å². The van der Waals surface area contributed by atoms with Gasteiger partial charge in [-0.3, -0.25) is 29.0 Å². The van der Waals surface area contributed by atoms with E-state index in [1.807, 2.05) is 12.1 Å². The van der Waals surface area contributed by atoms with Crippen LogP contribution in [0, 0.1) is 22.7 Å². The molecule has 2 saturated heterocycles.